The van der Waals surface area contributed by atoms with Crippen LogP contribution in [0.25, 0.3) is 6.08 Å². The van der Waals surface area contributed by atoms with Gasteiger partial charge >= 0.3 is 6.09 Å². The third kappa shape index (κ3) is 5.48. The molecule has 0 radical (unpaired) electrons. The zero-order valence-electron chi connectivity index (χ0n) is 19.6. The topological polar surface area (TPSA) is 88.6 Å². The number of halogens is 2. The average Bonchev–Trinajstić information content (AvgIpc) is 2.80. The Morgan fingerprint density at radius 2 is 1.71 bits per heavy atom. The van der Waals surface area contributed by atoms with Crippen molar-refractivity contribution in [3.63, 3.8) is 0 Å². The number of carbonyl (C=O) groups excluding carboxylic acids is 1. The summed E-state index contributed by atoms with van der Waals surface area (Å²) >= 11 is 12.2. The highest BCUT2D eigenvalue weighted by Gasteiger charge is 2.39. The van der Waals surface area contributed by atoms with Crippen molar-refractivity contribution in [3.05, 3.63) is 98.1 Å². The summed E-state index contributed by atoms with van der Waals surface area (Å²) in [6, 6.07) is 16.7. The standard InChI is InChI=1S/C27H25Cl2N3O3/c1-27(2,3)35-26(33)32-14-18(12-16-4-8-19(28)9-5-16)25-21(15-32)23(24(31)22(13-30)34-25)17-6-10-20(29)11-7-17/h4-12,23H,14-15,31H2,1-3H3. The molecule has 0 saturated heterocycles. The summed E-state index contributed by atoms with van der Waals surface area (Å²) in [7, 11) is 0. The Labute approximate surface area is 214 Å². The summed E-state index contributed by atoms with van der Waals surface area (Å²) in [6.07, 6.45) is 1.46. The van der Waals surface area contributed by atoms with E-state index in [4.69, 9.17) is 38.4 Å². The Bertz CT molecular complexity index is 1280. The molecule has 180 valence electrons. The number of benzene rings is 2. The number of hydrogen-bond acceptors (Lipinski definition) is 5. The fourth-order valence-electron chi connectivity index (χ4n) is 4.10. The zero-order valence-corrected chi connectivity index (χ0v) is 21.2. The van der Waals surface area contributed by atoms with E-state index >= 15 is 0 Å². The van der Waals surface area contributed by atoms with E-state index in [1.165, 1.54) is 0 Å². The lowest BCUT2D eigenvalue weighted by Crippen LogP contribution is -2.44. The summed E-state index contributed by atoms with van der Waals surface area (Å²) in [6.45, 7) is 5.94. The van der Waals surface area contributed by atoms with Crippen molar-refractivity contribution in [2.24, 2.45) is 5.73 Å². The first-order valence-electron chi connectivity index (χ1n) is 11.1. The van der Waals surface area contributed by atoms with Crippen LogP contribution in [0.4, 0.5) is 4.79 Å². The molecule has 1 amide bonds. The number of nitriles is 1. The number of hydrogen-bond donors (Lipinski definition) is 1. The van der Waals surface area contributed by atoms with Crippen molar-refractivity contribution in [1.29, 1.82) is 5.26 Å². The Morgan fingerprint density at radius 1 is 1.11 bits per heavy atom. The van der Waals surface area contributed by atoms with Crippen LogP contribution in [0.15, 0.2) is 76.9 Å². The van der Waals surface area contributed by atoms with Gasteiger partial charge in [-0.2, -0.15) is 5.26 Å². The summed E-state index contributed by atoms with van der Waals surface area (Å²) in [5, 5.41) is 11.0. The summed E-state index contributed by atoms with van der Waals surface area (Å²) in [5.74, 6) is 0.103. The molecule has 2 aromatic carbocycles. The molecule has 2 heterocycles. The summed E-state index contributed by atoms with van der Waals surface area (Å²) < 4.78 is 11.7. The number of rotatable bonds is 2. The van der Waals surface area contributed by atoms with E-state index in [0.29, 0.717) is 15.8 Å². The minimum absolute atomic E-state index is 0.0384. The SMILES string of the molecule is CC(C)(C)OC(=O)N1CC(=Cc2ccc(Cl)cc2)C2=C(C1)C(c1ccc(Cl)cc1)C(N)=C(C#N)O2. The molecule has 6 nitrogen and oxygen atoms in total. The maximum absolute atomic E-state index is 13.1. The van der Waals surface area contributed by atoms with Crippen LogP contribution in [0, 0.1) is 11.3 Å². The minimum Gasteiger partial charge on any atom is -0.444 e. The second-order valence-corrected chi connectivity index (χ2v) is 10.3. The molecule has 2 aliphatic heterocycles. The predicted octanol–water partition coefficient (Wildman–Crippen LogP) is 6.39. The quantitative estimate of drug-likeness (QED) is 0.506. The van der Waals surface area contributed by atoms with Crippen molar-refractivity contribution >= 4 is 35.4 Å². The fourth-order valence-corrected chi connectivity index (χ4v) is 4.35. The molecular formula is C27H25Cl2N3O3. The number of allylic oxidation sites excluding steroid dienone is 2. The lowest BCUT2D eigenvalue weighted by Gasteiger charge is -2.38. The largest absolute Gasteiger partial charge is 0.444 e. The van der Waals surface area contributed by atoms with Crippen molar-refractivity contribution < 1.29 is 14.3 Å². The van der Waals surface area contributed by atoms with Gasteiger partial charge in [0.25, 0.3) is 0 Å². The Balaban J connectivity index is 1.86. The normalized spacial score (nSPS) is 19.3. The molecular weight excluding hydrogens is 485 g/mol. The van der Waals surface area contributed by atoms with Gasteiger partial charge < -0.3 is 15.2 Å². The van der Waals surface area contributed by atoms with Crippen LogP contribution in [0.2, 0.25) is 10.0 Å². The molecule has 8 heteroatoms. The van der Waals surface area contributed by atoms with E-state index in [0.717, 1.165) is 22.3 Å². The smallest absolute Gasteiger partial charge is 0.410 e. The van der Waals surface area contributed by atoms with Crippen LogP contribution in [-0.4, -0.2) is 29.7 Å². The van der Waals surface area contributed by atoms with Crippen LogP contribution < -0.4 is 5.73 Å². The van der Waals surface area contributed by atoms with Crippen molar-refractivity contribution in [1.82, 2.24) is 4.90 Å². The van der Waals surface area contributed by atoms with E-state index in [9.17, 15) is 10.1 Å². The number of nitrogens with two attached hydrogens (primary N) is 1. The highest BCUT2D eigenvalue weighted by Crippen LogP contribution is 2.43. The molecule has 1 atom stereocenters. The number of carbonyl (C=O) groups is 1. The highest BCUT2D eigenvalue weighted by molar-refractivity contribution is 6.30. The van der Waals surface area contributed by atoms with Gasteiger partial charge in [0.15, 0.2) is 0 Å². The molecule has 0 bridgehead atoms. The van der Waals surface area contributed by atoms with Crippen LogP contribution in [0.1, 0.15) is 37.8 Å². The number of ether oxygens (including phenoxy) is 2. The maximum Gasteiger partial charge on any atom is 0.410 e. The Hall–Kier alpha value is -3.40. The van der Waals surface area contributed by atoms with Crippen molar-refractivity contribution in [3.8, 4) is 6.07 Å². The monoisotopic (exact) mass is 509 g/mol. The van der Waals surface area contributed by atoms with Gasteiger partial charge in [0.1, 0.15) is 17.4 Å². The van der Waals surface area contributed by atoms with Gasteiger partial charge in [-0.05, 0) is 62.2 Å². The molecule has 2 aliphatic rings. The van der Waals surface area contributed by atoms with Crippen LogP contribution in [0.3, 0.4) is 0 Å². The number of nitrogens with zero attached hydrogens (tertiary/aromatic N) is 2. The van der Waals surface area contributed by atoms with Gasteiger partial charge in [0, 0.05) is 21.2 Å². The molecule has 0 fully saturated rings. The average molecular weight is 510 g/mol. The second-order valence-electron chi connectivity index (χ2n) is 9.39. The van der Waals surface area contributed by atoms with Crippen molar-refractivity contribution in [2.75, 3.05) is 13.1 Å². The first-order valence-corrected chi connectivity index (χ1v) is 11.8. The Morgan fingerprint density at radius 3 is 2.29 bits per heavy atom. The van der Waals surface area contributed by atoms with Gasteiger partial charge in [-0.15, -0.1) is 0 Å². The molecule has 1 unspecified atom stereocenters. The highest BCUT2D eigenvalue weighted by atomic mass is 35.5. The molecule has 0 aromatic heterocycles. The molecule has 0 aliphatic carbocycles. The van der Waals surface area contributed by atoms with E-state index in [2.05, 4.69) is 6.07 Å². The van der Waals surface area contributed by atoms with E-state index in [-0.39, 0.29) is 24.5 Å². The maximum atomic E-state index is 13.1. The zero-order chi connectivity index (χ0) is 25.3. The second kappa shape index (κ2) is 9.69. The molecule has 0 saturated carbocycles. The van der Waals surface area contributed by atoms with Gasteiger partial charge in [0.05, 0.1) is 24.7 Å². The van der Waals surface area contributed by atoms with Crippen LogP contribution in [0.5, 0.6) is 0 Å². The van der Waals surface area contributed by atoms with E-state index < -0.39 is 17.6 Å². The predicted molar refractivity (Wildman–Crippen MR) is 136 cm³/mol. The molecule has 35 heavy (non-hydrogen) atoms. The first kappa shape index (κ1) is 24.7. The fraction of sp³-hybridized carbons (Fsp3) is 0.259. The summed E-state index contributed by atoms with van der Waals surface area (Å²) in [4.78, 5) is 14.7. The molecule has 2 N–H and O–H groups in total. The lowest BCUT2D eigenvalue weighted by atomic mass is 9.82. The van der Waals surface area contributed by atoms with Gasteiger partial charge in [-0.1, -0.05) is 47.5 Å². The van der Waals surface area contributed by atoms with Gasteiger partial charge in [-0.25, -0.2) is 4.79 Å². The third-order valence-corrected chi connectivity index (χ3v) is 6.10. The molecule has 0 spiro atoms. The molecule has 2 aromatic rings. The van der Waals surface area contributed by atoms with Gasteiger partial charge in [0.2, 0.25) is 5.76 Å². The lowest BCUT2D eigenvalue weighted by molar-refractivity contribution is 0.0267. The third-order valence-electron chi connectivity index (χ3n) is 5.60. The molecule has 4 rings (SSSR count). The van der Waals surface area contributed by atoms with Crippen LogP contribution >= 0.6 is 23.2 Å². The number of amides is 1. The van der Waals surface area contributed by atoms with Crippen LogP contribution in [-0.2, 0) is 9.47 Å². The van der Waals surface area contributed by atoms with E-state index in [1.54, 1.807) is 29.2 Å². The van der Waals surface area contributed by atoms with E-state index in [1.807, 2.05) is 51.1 Å². The van der Waals surface area contributed by atoms with Crippen molar-refractivity contribution in [2.45, 2.75) is 32.3 Å². The summed E-state index contributed by atoms with van der Waals surface area (Å²) in [5.41, 5.74) is 9.27. The first-order chi connectivity index (χ1) is 16.6. The minimum atomic E-state index is -0.655. The van der Waals surface area contributed by atoms with Gasteiger partial charge in [-0.3, -0.25) is 4.90 Å². The Kier molecular flexibility index (Phi) is 6.84.